The van der Waals surface area contributed by atoms with Crippen molar-refractivity contribution >= 4 is 24.3 Å². The van der Waals surface area contributed by atoms with Crippen LogP contribution < -0.4 is 10.6 Å². The van der Waals surface area contributed by atoms with E-state index in [1.807, 2.05) is 0 Å². The zero-order valence-electron chi connectivity index (χ0n) is 7.37. The average molecular weight is 182 g/mol. The van der Waals surface area contributed by atoms with E-state index in [-0.39, 0.29) is 0 Å². The summed E-state index contributed by atoms with van der Waals surface area (Å²) in [5, 5.41) is 8.94. The summed E-state index contributed by atoms with van der Waals surface area (Å²) in [6, 6.07) is 0. The van der Waals surface area contributed by atoms with Crippen LogP contribution in [0, 0.1) is 6.92 Å². The van der Waals surface area contributed by atoms with E-state index in [9.17, 15) is 9.59 Å². The zero-order valence-corrected chi connectivity index (χ0v) is 7.37. The molecule has 0 radical (unpaired) electrons. The lowest BCUT2D eigenvalue weighted by atomic mass is 10.4. The van der Waals surface area contributed by atoms with E-state index in [1.165, 1.54) is 4.68 Å². The van der Waals surface area contributed by atoms with E-state index in [2.05, 4.69) is 15.7 Å². The summed E-state index contributed by atoms with van der Waals surface area (Å²) in [5.41, 5.74) is 1.17. The number of nitrogens with zero attached hydrogens (tertiary/aromatic N) is 2. The van der Waals surface area contributed by atoms with Crippen LogP contribution in [0.1, 0.15) is 5.69 Å². The average Bonchev–Trinajstić information content (AvgIpc) is 2.33. The van der Waals surface area contributed by atoms with Crippen molar-refractivity contribution in [3.63, 3.8) is 0 Å². The first-order valence-corrected chi connectivity index (χ1v) is 3.64. The Morgan fingerprint density at radius 3 is 2.46 bits per heavy atom. The molecule has 1 rings (SSSR count). The molecule has 0 bridgehead atoms. The minimum absolute atomic E-state index is 0.472. The maximum atomic E-state index is 10.2. The number of rotatable bonds is 4. The van der Waals surface area contributed by atoms with Crippen molar-refractivity contribution < 1.29 is 9.59 Å². The predicted octanol–water partition coefficient (Wildman–Crippen LogP) is -0.135. The molecule has 1 aromatic rings. The van der Waals surface area contributed by atoms with Gasteiger partial charge in [0.25, 0.3) is 0 Å². The number of carbonyl (C=O) groups excluding carboxylic acids is 2. The number of hydrogen-bond acceptors (Lipinski definition) is 3. The lowest BCUT2D eigenvalue weighted by Crippen LogP contribution is -2.04. The van der Waals surface area contributed by atoms with Crippen LogP contribution in [-0.2, 0) is 16.6 Å². The molecule has 0 aliphatic rings. The Labute approximate surface area is 74.9 Å². The van der Waals surface area contributed by atoms with E-state index >= 15 is 0 Å². The number of aryl methyl sites for hydroxylation is 2. The molecular weight excluding hydrogens is 172 g/mol. The van der Waals surface area contributed by atoms with E-state index in [1.54, 1.807) is 14.0 Å². The second-order valence-electron chi connectivity index (χ2n) is 2.46. The van der Waals surface area contributed by atoms with Crippen LogP contribution in [0.4, 0.5) is 11.5 Å². The monoisotopic (exact) mass is 182 g/mol. The van der Waals surface area contributed by atoms with Crippen LogP contribution in [0.3, 0.4) is 0 Å². The fourth-order valence-corrected chi connectivity index (χ4v) is 1.11. The molecule has 0 spiro atoms. The van der Waals surface area contributed by atoms with Crippen LogP contribution in [0.2, 0.25) is 0 Å². The molecule has 6 heteroatoms. The fraction of sp³-hybridized carbons (Fsp3) is 0.286. The molecule has 2 amide bonds. The number of carbonyl (C=O) groups is 2. The van der Waals surface area contributed by atoms with E-state index < -0.39 is 0 Å². The van der Waals surface area contributed by atoms with E-state index in [0.717, 1.165) is 0 Å². The summed E-state index contributed by atoms with van der Waals surface area (Å²) in [7, 11) is 1.68. The molecule has 0 aromatic carbocycles. The van der Waals surface area contributed by atoms with Gasteiger partial charge in [0.15, 0.2) is 5.82 Å². The van der Waals surface area contributed by atoms with Crippen molar-refractivity contribution in [3.05, 3.63) is 5.69 Å². The quantitative estimate of drug-likeness (QED) is 0.636. The fourth-order valence-electron chi connectivity index (χ4n) is 1.11. The van der Waals surface area contributed by atoms with E-state index in [0.29, 0.717) is 30.0 Å². The summed E-state index contributed by atoms with van der Waals surface area (Å²) in [5.74, 6) is 0.472. The Bertz CT molecular complexity index is 301. The van der Waals surface area contributed by atoms with Gasteiger partial charge in [-0.15, -0.1) is 0 Å². The summed E-state index contributed by atoms with van der Waals surface area (Å²) in [6.07, 6.45) is 1.08. The Balaban J connectivity index is 3.11. The lowest BCUT2D eigenvalue weighted by Gasteiger charge is -2.01. The van der Waals surface area contributed by atoms with Gasteiger partial charge in [-0.25, -0.2) is 0 Å². The highest BCUT2D eigenvalue weighted by atomic mass is 16.1. The molecule has 0 aliphatic carbocycles. The normalized spacial score (nSPS) is 9.38. The van der Waals surface area contributed by atoms with Gasteiger partial charge in [0, 0.05) is 7.05 Å². The minimum atomic E-state index is 0.472. The maximum absolute atomic E-state index is 10.2. The molecule has 0 fully saturated rings. The Kier molecular flexibility index (Phi) is 2.63. The standard InChI is InChI=1S/C7H10N4O2/c1-5-6(8-3-12)7(9-4-13)11(2)10-5/h3-4H,1-2H3,(H,8,12)(H,9,13). The van der Waals surface area contributed by atoms with Crippen LogP contribution in [0.25, 0.3) is 0 Å². The first-order chi connectivity index (χ1) is 6.20. The first kappa shape index (κ1) is 9.24. The number of amides is 2. The zero-order chi connectivity index (χ0) is 9.84. The molecule has 0 saturated carbocycles. The molecule has 70 valence electrons. The summed E-state index contributed by atoms with van der Waals surface area (Å²) >= 11 is 0. The van der Waals surface area contributed by atoms with Gasteiger partial charge in [-0.3, -0.25) is 14.3 Å². The second-order valence-corrected chi connectivity index (χ2v) is 2.46. The van der Waals surface area contributed by atoms with Crippen molar-refractivity contribution in [3.8, 4) is 0 Å². The van der Waals surface area contributed by atoms with Gasteiger partial charge < -0.3 is 10.6 Å². The van der Waals surface area contributed by atoms with Crippen molar-refractivity contribution in [2.45, 2.75) is 6.92 Å². The highest BCUT2D eigenvalue weighted by Crippen LogP contribution is 2.23. The molecule has 1 heterocycles. The maximum Gasteiger partial charge on any atom is 0.212 e. The van der Waals surface area contributed by atoms with Gasteiger partial charge >= 0.3 is 0 Å². The molecule has 13 heavy (non-hydrogen) atoms. The molecule has 0 saturated heterocycles. The molecule has 0 unspecified atom stereocenters. The van der Waals surface area contributed by atoms with Crippen molar-refractivity contribution in [2.24, 2.45) is 7.05 Å². The topological polar surface area (TPSA) is 76.0 Å². The number of anilines is 2. The predicted molar refractivity (Wildman–Crippen MR) is 47.3 cm³/mol. The highest BCUT2D eigenvalue weighted by molar-refractivity contribution is 5.85. The Morgan fingerprint density at radius 1 is 1.31 bits per heavy atom. The van der Waals surface area contributed by atoms with Gasteiger partial charge in [0.05, 0.1) is 5.69 Å². The van der Waals surface area contributed by atoms with Crippen LogP contribution in [-0.4, -0.2) is 22.6 Å². The third-order valence-corrected chi connectivity index (χ3v) is 1.62. The van der Waals surface area contributed by atoms with Crippen LogP contribution in [0.5, 0.6) is 0 Å². The van der Waals surface area contributed by atoms with Crippen molar-refractivity contribution in [2.75, 3.05) is 10.6 Å². The molecule has 2 N–H and O–H groups in total. The number of hydrogen-bond donors (Lipinski definition) is 2. The highest BCUT2D eigenvalue weighted by Gasteiger charge is 2.11. The Morgan fingerprint density at radius 2 is 1.92 bits per heavy atom. The SMILES string of the molecule is Cc1nn(C)c(NC=O)c1NC=O. The van der Waals surface area contributed by atoms with Crippen molar-refractivity contribution in [1.29, 1.82) is 0 Å². The Hall–Kier alpha value is -1.85. The summed E-state index contributed by atoms with van der Waals surface area (Å²) in [6.45, 7) is 1.74. The summed E-state index contributed by atoms with van der Waals surface area (Å²) < 4.78 is 1.48. The van der Waals surface area contributed by atoms with Gasteiger partial charge in [0.1, 0.15) is 5.69 Å². The number of aromatic nitrogens is 2. The molecular formula is C7H10N4O2. The third kappa shape index (κ3) is 1.66. The third-order valence-electron chi connectivity index (χ3n) is 1.62. The smallest absolute Gasteiger partial charge is 0.212 e. The second kappa shape index (κ2) is 3.70. The molecule has 1 aromatic heterocycles. The van der Waals surface area contributed by atoms with Crippen LogP contribution in [0.15, 0.2) is 0 Å². The van der Waals surface area contributed by atoms with Crippen LogP contribution >= 0.6 is 0 Å². The van der Waals surface area contributed by atoms with Crippen molar-refractivity contribution in [1.82, 2.24) is 9.78 Å². The minimum Gasteiger partial charge on any atom is -0.324 e. The molecule has 0 aliphatic heterocycles. The first-order valence-electron chi connectivity index (χ1n) is 3.64. The van der Waals surface area contributed by atoms with Gasteiger partial charge in [-0.1, -0.05) is 0 Å². The number of nitrogens with one attached hydrogen (secondary N) is 2. The van der Waals surface area contributed by atoms with Gasteiger partial charge in [0.2, 0.25) is 12.8 Å². The van der Waals surface area contributed by atoms with Gasteiger partial charge in [-0.05, 0) is 6.92 Å². The molecule has 0 atom stereocenters. The molecule has 6 nitrogen and oxygen atoms in total. The van der Waals surface area contributed by atoms with E-state index in [4.69, 9.17) is 0 Å². The largest absolute Gasteiger partial charge is 0.324 e. The summed E-state index contributed by atoms with van der Waals surface area (Å²) in [4.78, 5) is 20.5. The lowest BCUT2D eigenvalue weighted by molar-refractivity contribution is -0.106. The van der Waals surface area contributed by atoms with Gasteiger partial charge in [-0.2, -0.15) is 5.10 Å².